The van der Waals surface area contributed by atoms with E-state index in [9.17, 15) is 35.0 Å². The number of amides is 4. The molecule has 19 nitrogen and oxygen atoms in total. The van der Waals surface area contributed by atoms with Gasteiger partial charge in [-0.3, -0.25) is 19.2 Å². The first-order valence-corrected chi connectivity index (χ1v) is 19.6. The third-order valence-corrected chi connectivity index (χ3v) is 11.1. The molecule has 3 N–H and O–H groups in total. The van der Waals surface area contributed by atoms with Gasteiger partial charge in [-0.15, -0.1) is 0 Å². The molecule has 19 heteroatoms. The van der Waals surface area contributed by atoms with Crippen molar-refractivity contribution in [2.45, 2.75) is 122 Å². The minimum Gasteiger partial charge on any atom is -0.467 e. The summed E-state index contributed by atoms with van der Waals surface area (Å²) in [7, 11) is 7.30. The van der Waals surface area contributed by atoms with E-state index in [1.165, 1.54) is 38.1 Å². The van der Waals surface area contributed by atoms with Crippen molar-refractivity contribution >= 4 is 29.6 Å². The molecule has 0 aliphatic carbocycles. The van der Waals surface area contributed by atoms with Crippen LogP contribution in [0.5, 0.6) is 0 Å². The van der Waals surface area contributed by atoms with Gasteiger partial charge in [0.05, 0.1) is 61.9 Å². The number of nitrogens with zero attached hydrogens (tertiary/aromatic N) is 8. The first kappa shape index (κ1) is 49.2. The van der Waals surface area contributed by atoms with Crippen LogP contribution in [0.2, 0.25) is 0 Å². The normalized spacial score (nSPS) is 19.8. The van der Waals surface area contributed by atoms with Gasteiger partial charge in [0.2, 0.25) is 23.6 Å². The maximum atomic E-state index is 14.4. The Kier molecular flexibility index (Phi) is 20.4. The molecule has 1 aliphatic rings. The van der Waals surface area contributed by atoms with E-state index in [0.717, 1.165) is 5.56 Å². The summed E-state index contributed by atoms with van der Waals surface area (Å²) in [6.07, 6.45) is -0.969. The predicted molar refractivity (Wildman–Crippen MR) is 217 cm³/mol. The lowest BCUT2D eigenvalue weighted by Gasteiger charge is -2.41. The maximum absolute atomic E-state index is 14.4. The van der Waals surface area contributed by atoms with Gasteiger partial charge in [0, 0.05) is 44.1 Å². The van der Waals surface area contributed by atoms with Crippen LogP contribution in [-0.2, 0) is 44.6 Å². The fourth-order valence-electron chi connectivity index (χ4n) is 7.72. The van der Waals surface area contributed by atoms with E-state index in [-0.39, 0.29) is 37.6 Å². The van der Waals surface area contributed by atoms with Crippen LogP contribution in [0.1, 0.15) is 66.4 Å². The fourth-order valence-corrected chi connectivity index (χ4v) is 7.72. The third-order valence-electron chi connectivity index (χ3n) is 11.1. The van der Waals surface area contributed by atoms with Crippen molar-refractivity contribution in [3.05, 3.63) is 56.8 Å². The summed E-state index contributed by atoms with van der Waals surface area (Å²) in [5, 5.41) is 16.2. The lowest BCUT2D eigenvalue weighted by atomic mass is 9.89. The van der Waals surface area contributed by atoms with Crippen LogP contribution in [0, 0.1) is 17.8 Å². The number of likely N-dealkylation sites (tertiary alicyclic amines) is 1. The van der Waals surface area contributed by atoms with Crippen LogP contribution in [0.15, 0.2) is 40.6 Å². The highest BCUT2D eigenvalue weighted by Gasteiger charge is 2.46. The van der Waals surface area contributed by atoms with Crippen molar-refractivity contribution in [3.63, 3.8) is 0 Å². The topological polar surface area (TPSA) is 253 Å². The zero-order valence-electron chi connectivity index (χ0n) is 35.7. The number of hydrogen-bond donors (Lipinski definition) is 3. The number of ether oxygens (including phenoxy) is 3. The Bertz CT molecular complexity index is 1620. The van der Waals surface area contributed by atoms with Gasteiger partial charge in [0.1, 0.15) is 12.1 Å². The molecule has 1 fully saturated rings. The van der Waals surface area contributed by atoms with Gasteiger partial charge in [-0.25, -0.2) is 4.79 Å². The molecule has 0 spiro atoms. The molecule has 11 atom stereocenters. The lowest BCUT2D eigenvalue weighted by molar-refractivity contribution is -0.148. The molecule has 1 aromatic rings. The summed E-state index contributed by atoms with van der Waals surface area (Å²) in [6.45, 7) is 10.8. The van der Waals surface area contributed by atoms with E-state index >= 15 is 0 Å². The third kappa shape index (κ3) is 13.0. The number of esters is 1. The molecule has 0 unspecified atom stereocenters. The van der Waals surface area contributed by atoms with Crippen LogP contribution in [0.3, 0.4) is 0 Å². The number of carbonyl (C=O) groups excluding carboxylic acids is 5. The van der Waals surface area contributed by atoms with Crippen molar-refractivity contribution in [1.82, 2.24) is 25.8 Å². The number of carbonyl (C=O) groups is 5. The molecule has 58 heavy (non-hydrogen) atoms. The van der Waals surface area contributed by atoms with Crippen LogP contribution < -0.4 is 16.0 Å². The van der Waals surface area contributed by atoms with Gasteiger partial charge >= 0.3 is 5.97 Å². The van der Waals surface area contributed by atoms with E-state index in [1.807, 2.05) is 58.0 Å². The van der Waals surface area contributed by atoms with Gasteiger partial charge in [0.15, 0.2) is 0 Å². The lowest BCUT2D eigenvalue weighted by Crippen LogP contribution is -2.60. The molecule has 1 saturated heterocycles. The molecule has 0 bridgehead atoms. The molecule has 0 radical (unpaired) electrons. The van der Waals surface area contributed by atoms with Gasteiger partial charge in [0.25, 0.3) is 0 Å². The van der Waals surface area contributed by atoms with Crippen LogP contribution in [-0.4, -0.2) is 136 Å². The fraction of sp³-hybridized carbons (Fsp3) is 0.718. The molecular formula is C39H63N11O8. The molecule has 1 aromatic carbocycles. The summed E-state index contributed by atoms with van der Waals surface area (Å²) in [6, 6.07) is 3.35. The van der Waals surface area contributed by atoms with E-state index in [4.69, 9.17) is 14.2 Å². The standard InChI is InChI=1S/C39H63N11O8/c1-12-23(4)34(49(8)38(54)33(25(6)45-47-40)44-37(53)32(42-7)22(2)3)30(56-9)20-31(51)50-21-27(46-48-41)19-29(50)35(57-10)24(5)36(52)43-28(39(55)58-11)18-26-16-14-13-15-17-26/h13-17,22-25,27-30,32-35,42H,12,18-21H2,1-11H3,(H,43,52)(H,44,53)/t23-,24+,25-,27-,28-,29-,30+,32-,33-,34-,35+/m0/s1. The zero-order valence-corrected chi connectivity index (χ0v) is 35.7. The zero-order chi connectivity index (χ0) is 43.7. The van der Waals surface area contributed by atoms with E-state index in [2.05, 4.69) is 36.0 Å². The molecule has 1 heterocycles. The number of benzene rings is 1. The quantitative estimate of drug-likeness (QED) is 0.0632. The molecule has 2 rings (SSSR count). The Hall–Kier alpha value is -4.93. The Labute approximate surface area is 341 Å². The Morgan fingerprint density at radius 1 is 0.948 bits per heavy atom. The van der Waals surface area contributed by atoms with Crippen molar-refractivity contribution in [3.8, 4) is 0 Å². The summed E-state index contributed by atoms with van der Waals surface area (Å²) >= 11 is 0. The van der Waals surface area contributed by atoms with E-state index < -0.39 is 90.0 Å². The smallest absolute Gasteiger partial charge is 0.328 e. The average Bonchev–Trinajstić information content (AvgIpc) is 3.62. The molecular weight excluding hydrogens is 750 g/mol. The summed E-state index contributed by atoms with van der Waals surface area (Å²) in [4.78, 5) is 77.3. The Morgan fingerprint density at radius 2 is 1.60 bits per heavy atom. The van der Waals surface area contributed by atoms with Gasteiger partial charge < -0.3 is 40.0 Å². The molecule has 0 saturated carbocycles. The number of azide groups is 2. The summed E-state index contributed by atoms with van der Waals surface area (Å²) in [5.41, 5.74) is 19.4. The Morgan fingerprint density at radius 3 is 2.12 bits per heavy atom. The number of rotatable bonds is 23. The highest BCUT2D eigenvalue weighted by Crippen LogP contribution is 2.31. The predicted octanol–water partition coefficient (Wildman–Crippen LogP) is 3.52. The number of hydrogen-bond acceptors (Lipinski definition) is 11. The van der Waals surface area contributed by atoms with Crippen molar-refractivity contribution < 1.29 is 38.2 Å². The van der Waals surface area contributed by atoms with Crippen LogP contribution in [0.25, 0.3) is 20.9 Å². The molecule has 0 aromatic heterocycles. The maximum Gasteiger partial charge on any atom is 0.328 e. The van der Waals surface area contributed by atoms with Gasteiger partial charge in [-0.05, 0) is 41.9 Å². The monoisotopic (exact) mass is 813 g/mol. The number of likely N-dealkylation sites (N-methyl/N-ethyl adjacent to an activating group) is 2. The van der Waals surface area contributed by atoms with Crippen molar-refractivity contribution in [2.75, 3.05) is 42.0 Å². The van der Waals surface area contributed by atoms with Crippen molar-refractivity contribution in [2.24, 2.45) is 28.0 Å². The second kappa shape index (κ2) is 24.1. The second-order valence-electron chi connectivity index (χ2n) is 15.2. The SMILES string of the molecule is CC[C@H](C)[C@@H]([C@@H](CC(=O)N1C[C@@H](N=[N+]=[N-])C[C@H]1[C@H](OC)[C@@H](C)C(=O)N[C@@H](Cc1ccccc1)C(=O)OC)OC)N(C)C(=O)[C@@H](NC(=O)[C@@H](NC)C(C)C)[C@H](C)N=[N+]=[N-]. The van der Waals surface area contributed by atoms with E-state index in [1.54, 1.807) is 21.0 Å². The first-order valence-electron chi connectivity index (χ1n) is 19.6. The largest absolute Gasteiger partial charge is 0.467 e. The molecule has 4 amide bonds. The van der Waals surface area contributed by atoms with Gasteiger partial charge in [-0.2, -0.15) is 0 Å². The Balaban J connectivity index is 2.44. The second-order valence-corrected chi connectivity index (χ2v) is 15.2. The minimum atomic E-state index is -1.23. The minimum absolute atomic E-state index is 0.0417. The number of nitrogens with one attached hydrogen (secondary N) is 3. The summed E-state index contributed by atoms with van der Waals surface area (Å²) < 4.78 is 16.8. The highest BCUT2D eigenvalue weighted by atomic mass is 16.5. The highest BCUT2D eigenvalue weighted by molar-refractivity contribution is 5.91. The van der Waals surface area contributed by atoms with Gasteiger partial charge in [-0.1, -0.05) is 88.5 Å². The average molecular weight is 814 g/mol. The van der Waals surface area contributed by atoms with Crippen LogP contribution >= 0.6 is 0 Å². The van der Waals surface area contributed by atoms with E-state index in [0.29, 0.717) is 6.42 Å². The first-order chi connectivity index (χ1) is 27.5. The summed E-state index contributed by atoms with van der Waals surface area (Å²) in [5.74, 6) is -3.69. The molecule has 322 valence electrons. The number of methoxy groups -OCH3 is 3. The van der Waals surface area contributed by atoms with Crippen LogP contribution in [0.4, 0.5) is 0 Å². The van der Waals surface area contributed by atoms with Crippen molar-refractivity contribution in [1.29, 1.82) is 0 Å². The molecule has 1 aliphatic heterocycles.